The quantitative estimate of drug-likeness (QED) is 0.505. The van der Waals surface area contributed by atoms with Crippen LogP contribution in [0.25, 0.3) is 16.9 Å². The van der Waals surface area contributed by atoms with Gasteiger partial charge in [-0.05, 0) is 74.2 Å². The van der Waals surface area contributed by atoms with Crippen molar-refractivity contribution >= 4 is 47.1 Å². The van der Waals surface area contributed by atoms with Crippen molar-refractivity contribution in [3.63, 3.8) is 0 Å². The number of aromatic nitrogens is 1. The van der Waals surface area contributed by atoms with Crippen molar-refractivity contribution in [2.75, 3.05) is 6.61 Å². The molecule has 4 nitrogen and oxygen atoms in total. The van der Waals surface area contributed by atoms with Gasteiger partial charge in [-0.25, -0.2) is 4.79 Å². The zero-order chi connectivity index (χ0) is 20.4. The summed E-state index contributed by atoms with van der Waals surface area (Å²) in [5.74, 6) is 0.468. The molecule has 0 unspecified atom stereocenters. The molecule has 6 heteroatoms. The maximum absolute atomic E-state index is 11.4. The van der Waals surface area contributed by atoms with Crippen molar-refractivity contribution in [3.8, 4) is 22.7 Å². The predicted octanol–water partition coefficient (Wildman–Crippen LogP) is 5.72. The summed E-state index contributed by atoms with van der Waals surface area (Å²) >= 11 is 6.32. The molecule has 0 spiro atoms. The van der Waals surface area contributed by atoms with Crippen molar-refractivity contribution in [2.45, 2.75) is 32.6 Å². The van der Waals surface area contributed by atoms with Gasteiger partial charge in [0.2, 0.25) is 0 Å². The number of aryl methyl sites for hydroxylation is 1. The Labute approximate surface area is 204 Å². The Morgan fingerprint density at radius 3 is 2.63 bits per heavy atom. The van der Waals surface area contributed by atoms with Gasteiger partial charge in [0.1, 0.15) is 5.75 Å². The number of halogens is 1. The van der Waals surface area contributed by atoms with Gasteiger partial charge in [0.15, 0.2) is 0 Å². The van der Waals surface area contributed by atoms with Crippen LogP contribution in [0, 0.1) is 12.8 Å². The molecule has 1 aliphatic carbocycles. The summed E-state index contributed by atoms with van der Waals surface area (Å²) in [4.78, 5) is 11.4. The van der Waals surface area contributed by atoms with E-state index in [1.54, 1.807) is 18.2 Å². The number of aromatic carboxylic acids is 1. The van der Waals surface area contributed by atoms with Gasteiger partial charge >= 0.3 is 35.5 Å². The first-order chi connectivity index (χ1) is 14.0. The monoisotopic (exact) mass is 433 g/mol. The summed E-state index contributed by atoms with van der Waals surface area (Å²) in [6.07, 6.45) is 5.01. The van der Waals surface area contributed by atoms with Crippen LogP contribution in [0.2, 0.25) is 5.02 Å². The van der Waals surface area contributed by atoms with Gasteiger partial charge in [0.05, 0.1) is 17.9 Å². The molecule has 2 aromatic carbocycles. The van der Waals surface area contributed by atoms with Crippen LogP contribution in [0.1, 0.15) is 41.7 Å². The molecule has 0 bridgehead atoms. The molecule has 152 valence electrons. The van der Waals surface area contributed by atoms with E-state index < -0.39 is 5.97 Å². The topological polar surface area (TPSA) is 51.5 Å². The van der Waals surface area contributed by atoms with Gasteiger partial charge in [-0.2, -0.15) is 0 Å². The van der Waals surface area contributed by atoms with Crippen molar-refractivity contribution in [3.05, 3.63) is 70.9 Å². The van der Waals surface area contributed by atoms with Crippen molar-refractivity contribution in [1.82, 2.24) is 4.57 Å². The van der Waals surface area contributed by atoms with Crippen LogP contribution in [0.3, 0.4) is 0 Å². The third kappa shape index (κ3) is 4.94. The zero-order valence-electron chi connectivity index (χ0n) is 16.4. The van der Waals surface area contributed by atoms with Crippen molar-refractivity contribution < 1.29 is 14.6 Å². The fourth-order valence-corrected chi connectivity index (χ4v) is 4.25. The molecule has 0 amide bonds. The molecule has 1 fully saturated rings. The van der Waals surface area contributed by atoms with E-state index in [4.69, 9.17) is 16.3 Å². The van der Waals surface area contributed by atoms with E-state index in [-0.39, 0.29) is 35.1 Å². The van der Waals surface area contributed by atoms with Gasteiger partial charge < -0.3 is 14.4 Å². The van der Waals surface area contributed by atoms with Crippen LogP contribution in [0.5, 0.6) is 5.75 Å². The van der Waals surface area contributed by atoms with Gasteiger partial charge in [-0.1, -0.05) is 30.5 Å². The summed E-state index contributed by atoms with van der Waals surface area (Å²) < 4.78 is 8.27. The summed E-state index contributed by atoms with van der Waals surface area (Å²) in [5.41, 5.74) is 3.89. The number of rotatable bonds is 6. The van der Waals surface area contributed by atoms with Crippen molar-refractivity contribution in [2.24, 2.45) is 5.92 Å². The fraction of sp³-hybridized carbons (Fsp3) is 0.292. The van der Waals surface area contributed by atoms with E-state index >= 15 is 0 Å². The fourth-order valence-electron chi connectivity index (χ4n) is 4.08. The second-order valence-corrected chi connectivity index (χ2v) is 8.09. The number of carbonyl (C=O) groups is 1. The average molecular weight is 434 g/mol. The van der Waals surface area contributed by atoms with Gasteiger partial charge in [-0.15, -0.1) is 0 Å². The molecule has 30 heavy (non-hydrogen) atoms. The molecule has 0 radical (unpaired) electrons. The Balaban J connectivity index is 0.00000256. The molecule has 0 saturated heterocycles. The van der Waals surface area contributed by atoms with Gasteiger partial charge in [0, 0.05) is 22.0 Å². The molecule has 1 N–H and O–H groups in total. The average Bonchev–Trinajstić information content (AvgIpc) is 3.36. The van der Waals surface area contributed by atoms with E-state index in [0.29, 0.717) is 17.5 Å². The number of hydrogen-bond donors (Lipinski definition) is 1. The van der Waals surface area contributed by atoms with Crippen LogP contribution in [0.4, 0.5) is 0 Å². The Hall–Kier alpha value is -1.72. The van der Waals surface area contributed by atoms with E-state index in [1.165, 1.54) is 25.7 Å². The number of hydrogen-bond acceptors (Lipinski definition) is 2. The molecule has 1 aromatic heterocycles. The molecule has 1 saturated carbocycles. The molecule has 1 heterocycles. The number of benzene rings is 2. The van der Waals surface area contributed by atoms with E-state index in [1.807, 2.05) is 47.9 Å². The van der Waals surface area contributed by atoms with Crippen LogP contribution < -0.4 is 4.74 Å². The molecule has 4 rings (SSSR count). The number of ether oxygens (including phenoxy) is 1. The summed E-state index contributed by atoms with van der Waals surface area (Å²) in [6.45, 7) is 2.71. The van der Waals surface area contributed by atoms with E-state index in [2.05, 4.69) is 0 Å². The summed E-state index contributed by atoms with van der Waals surface area (Å²) in [6, 6.07) is 16.7. The van der Waals surface area contributed by atoms with E-state index in [9.17, 15) is 9.90 Å². The minimum absolute atomic E-state index is 0. The summed E-state index contributed by atoms with van der Waals surface area (Å²) in [7, 11) is 0. The SMILES string of the molecule is Cc1ccc(-c2cc(Cl)ccc2OCC2CCCC2)n1-c1cccc(C(=O)O)c1.[NaH]. The molecule has 0 atom stereocenters. The standard InChI is InChI=1S/C24H24ClNO3.Na.H/c1-16-9-11-22(26(16)20-8-4-7-18(13-20)24(27)28)21-14-19(25)10-12-23(21)29-15-17-5-2-3-6-17;;/h4,7-14,17H,2-3,5-6,15H2,1H3,(H,27,28);;. The third-order valence-electron chi connectivity index (χ3n) is 5.59. The second kappa shape index (κ2) is 10.1. The number of carboxylic acids is 1. The van der Waals surface area contributed by atoms with Crippen molar-refractivity contribution in [1.29, 1.82) is 0 Å². The van der Waals surface area contributed by atoms with E-state index in [0.717, 1.165) is 28.4 Å². The van der Waals surface area contributed by atoms with Crippen LogP contribution in [-0.2, 0) is 0 Å². The maximum atomic E-state index is 11.4. The Morgan fingerprint density at radius 2 is 1.90 bits per heavy atom. The normalized spacial score (nSPS) is 13.8. The first-order valence-electron chi connectivity index (χ1n) is 9.98. The zero-order valence-corrected chi connectivity index (χ0v) is 17.2. The molecule has 1 aliphatic rings. The first kappa shape index (κ1) is 23.0. The Kier molecular flexibility index (Phi) is 7.70. The molecule has 3 aromatic rings. The predicted molar refractivity (Wildman–Crippen MR) is 123 cm³/mol. The van der Waals surface area contributed by atoms with Gasteiger partial charge in [-0.3, -0.25) is 0 Å². The minimum atomic E-state index is -0.943. The Bertz CT molecular complexity index is 1040. The molecule has 0 aliphatic heterocycles. The third-order valence-corrected chi connectivity index (χ3v) is 5.83. The van der Waals surface area contributed by atoms with Crippen LogP contribution in [0.15, 0.2) is 54.6 Å². The Morgan fingerprint density at radius 1 is 1.13 bits per heavy atom. The second-order valence-electron chi connectivity index (χ2n) is 7.65. The number of carboxylic acid groups (broad SMARTS) is 1. The van der Waals surface area contributed by atoms with Crippen LogP contribution >= 0.6 is 11.6 Å². The number of nitrogens with zero attached hydrogens (tertiary/aromatic N) is 1. The van der Waals surface area contributed by atoms with Gasteiger partial charge in [0.25, 0.3) is 0 Å². The molecular weight excluding hydrogens is 409 g/mol. The van der Waals surface area contributed by atoms with Crippen LogP contribution in [-0.4, -0.2) is 51.8 Å². The molecular formula is C24H25ClNNaO3. The first-order valence-corrected chi connectivity index (χ1v) is 10.4. The summed E-state index contributed by atoms with van der Waals surface area (Å²) in [5, 5.41) is 10.0.